The highest BCUT2D eigenvalue weighted by Gasteiger charge is 2.12. The monoisotopic (exact) mass is 477 g/mol. The van der Waals surface area contributed by atoms with Crippen molar-refractivity contribution in [1.29, 1.82) is 0 Å². The van der Waals surface area contributed by atoms with Gasteiger partial charge in [0.1, 0.15) is 5.82 Å². The molecule has 0 aliphatic carbocycles. The molecule has 0 unspecified atom stereocenters. The largest absolute Gasteiger partial charge is 0.356 e. The molecule has 0 saturated carbocycles. The molecule has 0 bridgehead atoms. The summed E-state index contributed by atoms with van der Waals surface area (Å²) in [5.41, 5.74) is 0.944. The van der Waals surface area contributed by atoms with E-state index in [9.17, 15) is 4.39 Å². The summed E-state index contributed by atoms with van der Waals surface area (Å²) in [7, 11) is 5.96. The van der Waals surface area contributed by atoms with Gasteiger partial charge in [-0.3, -0.25) is 4.99 Å². The van der Waals surface area contributed by atoms with E-state index in [0.29, 0.717) is 6.54 Å². The number of halogens is 2. The fraction of sp³-hybridized carbons (Fsp3) is 0.632. The van der Waals surface area contributed by atoms with E-state index in [4.69, 9.17) is 0 Å². The van der Waals surface area contributed by atoms with Crippen molar-refractivity contribution < 1.29 is 4.39 Å². The van der Waals surface area contributed by atoms with Gasteiger partial charge >= 0.3 is 0 Å². The van der Waals surface area contributed by atoms with Crippen LogP contribution in [0.25, 0.3) is 0 Å². The first-order chi connectivity index (χ1) is 12.1. The van der Waals surface area contributed by atoms with Crippen molar-refractivity contribution >= 4 is 29.9 Å². The first-order valence-electron chi connectivity index (χ1n) is 9.15. The third kappa shape index (κ3) is 8.18. The summed E-state index contributed by atoms with van der Waals surface area (Å²) < 4.78 is 13.3. The molecule has 1 heterocycles. The number of nitrogens with one attached hydrogen (secondary N) is 1. The standard InChI is InChI=1S/C19H32FN5.HI/c1-21-19(24(3)16-17-7-4-8-18(20)15-17)22-9-5-11-25-12-6-10-23(2)13-14-25;/h4,7-8,15H,5-6,9-14,16H2,1-3H3,(H,21,22);1H. The van der Waals surface area contributed by atoms with Gasteiger partial charge in [-0.05, 0) is 57.2 Å². The van der Waals surface area contributed by atoms with Crippen LogP contribution in [0.4, 0.5) is 4.39 Å². The van der Waals surface area contributed by atoms with Gasteiger partial charge in [0, 0.05) is 40.3 Å². The molecule has 1 aliphatic heterocycles. The molecule has 0 spiro atoms. The van der Waals surface area contributed by atoms with Crippen LogP contribution in [0, 0.1) is 5.82 Å². The number of guanidine groups is 1. The van der Waals surface area contributed by atoms with E-state index in [1.54, 1.807) is 19.2 Å². The van der Waals surface area contributed by atoms with Crippen LogP contribution in [0.15, 0.2) is 29.3 Å². The van der Waals surface area contributed by atoms with Gasteiger partial charge in [0.05, 0.1) is 0 Å². The smallest absolute Gasteiger partial charge is 0.193 e. The van der Waals surface area contributed by atoms with Crippen LogP contribution in [0.1, 0.15) is 18.4 Å². The Morgan fingerprint density at radius 3 is 2.81 bits per heavy atom. The van der Waals surface area contributed by atoms with Gasteiger partial charge < -0.3 is 20.0 Å². The predicted molar refractivity (Wildman–Crippen MR) is 118 cm³/mol. The second-order valence-electron chi connectivity index (χ2n) is 6.81. The minimum Gasteiger partial charge on any atom is -0.356 e. The number of benzene rings is 1. The van der Waals surface area contributed by atoms with Crippen molar-refractivity contribution in [2.45, 2.75) is 19.4 Å². The SMILES string of the molecule is CN=C(NCCCN1CCCN(C)CC1)N(C)Cc1cccc(F)c1.I. The lowest BCUT2D eigenvalue weighted by Crippen LogP contribution is -2.40. The van der Waals surface area contributed by atoms with Gasteiger partial charge in [0.2, 0.25) is 0 Å². The maximum atomic E-state index is 13.3. The molecule has 1 N–H and O–H groups in total. The average molecular weight is 477 g/mol. The molecule has 1 aromatic carbocycles. The van der Waals surface area contributed by atoms with Crippen LogP contribution >= 0.6 is 24.0 Å². The summed E-state index contributed by atoms with van der Waals surface area (Å²) >= 11 is 0. The van der Waals surface area contributed by atoms with E-state index >= 15 is 0 Å². The normalized spacial score (nSPS) is 16.7. The molecule has 2 rings (SSSR count). The first kappa shape index (κ1) is 23.1. The third-order valence-corrected chi connectivity index (χ3v) is 4.63. The van der Waals surface area contributed by atoms with Gasteiger partial charge in [0.25, 0.3) is 0 Å². The number of hydrogen-bond donors (Lipinski definition) is 1. The molecule has 1 fully saturated rings. The summed E-state index contributed by atoms with van der Waals surface area (Å²) in [4.78, 5) is 11.3. The maximum absolute atomic E-state index is 13.3. The highest BCUT2D eigenvalue weighted by atomic mass is 127. The highest BCUT2D eigenvalue weighted by Crippen LogP contribution is 2.06. The van der Waals surface area contributed by atoms with Crippen molar-refractivity contribution in [3.63, 3.8) is 0 Å². The Hall–Kier alpha value is -0.930. The molecule has 0 radical (unpaired) electrons. The van der Waals surface area contributed by atoms with E-state index in [2.05, 4.69) is 27.2 Å². The molecule has 1 saturated heterocycles. The molecule has 0 atom stereocenters. The zero-order chi connectivity index (χ0) is 18.1. The molecular formula is C19H33FIN5. The number of likely N-dealkylation sites (N-methyl/N-ethyl adjacent to an activating group) is 1. The Balaban J connectivity index is 0.00000338. The van der Waals surface area contributed by atoms with Crippen LogP contribution in [-0.4, -0.2) is 81.1 Å². The molecule has 26 heavy (non-hydrogen) atoms. The van der Waals surface area contributed by atoms with E-state index in [1.165, 1.54) is 25.6 Å². The molecule has 0 amide bonds. The Morgan fingerprint density at radius 2 is 2.08 bits per heavy atom. The van der Waals surface area contributed by atoms with Crippen molar-refractivity contribution in [1.82, 2.24) is 20.0 Å². The van der Waals surface area contributed by atoms with Gasteiger partial charge in [-0.1, -0.05) is 12.1 Å². The van der Waals surface area contributed by atoms with Crippen molar-refractivity contribution in [3.05, 3.63) is 35.6 Å². The van der Waals surface area contributed by atoms with Gasteiger partial charge in [-0.15, -0.1) is 24.0 Å². The summed E-state index contributed by atoms with van der Waals surface area (Å²) in [5.74, 6) is 0.650. The fourth-order valence-electron chi connectivity index (χ4n) is 3.20. The predicted octanol–water partition coefficient (Wildman–Crippen LogP) is 2.48. The number of rotatable bonds is 6. The lowest BCUT2D eigenvalue weighted by Gasteiger charge is -2.23. The van der Waals surface area contributed by atoms with Gasteiger partial charge in [0.15, 0.2) is 5.96 Å². The highest BCUT2D eigenvalue weighted by molar-refractivity contribution is 14.0. The quantitative estimate of drug-likeness (QED) is 0.296. The molecule has 148 valence electrons. The molecule has 1 aliphatic rings. The van der Waals surface area contributed by atoms with Crippen LogP contribution in [0.5, 0.6) is 0 Å². The van der Waals surface area contributed by atoms with E-state index in [1.807, 2.05) is 18.0 Å². The zero-order valence-corrected chi connectivity index (χ0v) is 18.6. The minimum absolute atomic E-state index is 0. The average Bonchev–Trinajstić information content (AvgIpc) is 2.79. The number of nitrogens with zero attached hydrogens (tertiary/aromatic N) is 4. The Kier molecular flexibility index (Phi) is 11.1. The van der Waals surface area contributed by atoms with E-state index < -0.39 is 0 Å². The van der Waals surface area contributed by atoms with Crippen molar-refractivity contribution in [2.75, 3.05) is 60.4 Å². The van der Waals surface area contributed by atoms with Gasteiger partial charge in [-0.25, -0.2) is 4.39 Å². The van der Waals surface area contributed by atoms with Gasteiger partial charge in [-0.2, -0.15) is 0 Å². The topological polar surface area (TPSA) is 34.1 Å². The van der Waals surface area contributed by atoms with E-state index in [-0.39, 0.29) is 29.8 Å². The number of hydrogen-bond acceptors (Lipinski definition) is 3. The summed E-state index contributed by atoms with van der Waals surface area (Å²) in [6.45, 7) is 7.36. The molecule has 5 nitrogen and oxygen atoms in total. The second-order valence-corrected chi connectivity index (χ2v) is 6.81. The number of aliphatic imine (C=N–C) groups is 1. The lowest BCUT2D eigenvalue weighted by molar-refractivity contribution is 0.273. The molecule has 0 aromatic heterocycles. The first-order valence-corrected chi connectivity index (χ1v) is 9.15. The summed E-state index contributed by atoms with van der Waals surface area (Å²) in [6.07, 6.45) is 2.35. The Labute approximate surface area is 174 Å². The molecule has 1 aromatic rings. The van der Waals surface area contributed by atoms with Crippen molar-refractivity contribution in [2.24, 2.45) is 4.99 Å². The van der Waals surface area contributed by atoms with E-state index in [0.717, 1.165) is 44.1 Å². The minimum atomic E-state index is -0.197. The van der Waals surface area contributed by atoms with Crippen LogP contribution in [0.3, 0.4) is 0 Å². The summed E-state index contributed by atoms with van der Waals surface area (Å²) in [5, 5.41) is 3.41. The third-order valence-electron chi connectivity index (χ3n) is 4.63. The summed E-state index contributed by atoms with van der Waals surface area (Å²) in [6, 6.07) is 6.72. The van der Waals surface area contributed by atoms with Crippen LogP contribution in [-0.2, 0) is 6.54 Å². The molecular weight excluding hydrogens is 444 g/mol. The molecule has 7 heteroatoms. The van der Waals surface area contributed by atoms with Crippen LogP contribution in [0.2, 0.25) is 0 Å². The second kappa shape index (κ2) is 12.5. The van der Waals surface area contributed by atoms with Crippen molar-refractivity contribution in [3.8, 4) is 0 Å². The zero-order valence-electron chi connectivity index (χ0n) is 16.2. The Morgan fingerprint density at radius 1 is 1.27 bits per heavy atom. The van der Waals surface area contributed by atoms with Crippen LogP contribution < -0.4 is 5.32 Å². The fourth-order valence-corrected chi connectivity index (χ4v) is 3.20. The lowest BCUT2D eigenvalue weighted by atomic mass is 10.2. The Bertz CT molecular complexity index is 554. The maximum Gasteiger partial charge on any atom is 0.193 e.